The van der Waals surface area contributed by atoms with Gasteiger partial charge in [-0.25, -0.2) is 13.6 Å². The molecule has 0 spiro atoms. The molecule has 122 valence electrons. The van der Waals surface area contributed by atoms with Crippen molar-refractivity contribution in [3.8, 4) is 0 Å². The maximum atomic E-state index is 13.2. The maximum absolute atomic E-state index is 13.2. The number of benzene rings is 1. The lowest BCUT2D eigenvalue weighted by atomic mass is 9.99. The second-order valence-corrected chi connectivity index (χ2v) is 5.83. The fraction of sp³-hybridized carbons (Fsp3) is 0.467. The Morgan fingerprint density at radius 1 is 1.23 bits per heavy atom. The maximum Gasteiger partial charge on any atom is 0.319 e. The molecule has 1 aromatic rings. The summed E-state index contributed by atoms with van der Waals surface area (Å²) in [6.45, 7) is 4.15. The van der Waals surface area contributed by atoms with E-state index in [1.165, 1.54) is 24.3 Å². The average molecular weight is 314 g/mol. The second-order valence-electron chi connectivity index (χ2n) is 5.83. The molecule has 0 bridgehead atoms. The second kappa shape index (κ2) is 6.72. The van der Waals surface area contributed by atoms with Crippen LogP contribution in [0.1, 0.15) is 39.2 Å². The van der Waals surface area contributed by atoms with Crippen molar-refractivity contribution in [3.63, 3.8) is 0 Å². The molecule has 0 aliphatic heterocycles. The van der Waals surface area contributed by atoms with E-state index in [0.717, 1.165) is 6.92 Å². The number of carboxylic acids is 1. The number of anilines is 1. The average Bonchev–Trinajstić information content (AvgIpc) is 2.35. The molecule has 5 nitrogen and oxygen atoms in total. The van der Waals surface area contributed by atoms with Crippen molar-refractivity contribution in [2.75, 3.05) is 5.32 Å². The van der Waals surface area contributed by atoms with Crippen LogP contribution in [0, 0.1) is 0 Å². The number of alkyl halides is 2. The normalized spacial score (nSPS) is 11.9. The van der Waals surface area contributed by atoms with Gasteiger partial charge in [-0.1, -0.05) is 12.1 Å². The molecule has 0 saturated heterocycles. The number of hydrogen-bond acceptors (Lipinski definition) is 2. The highest BCUT2D eigenvalue weighted by Gasteiger charge is 2.25. The summed E-state index contributed by atoms with van der Waals surface area (Å²) in [5, 5.41) is 13.7. The predicted octanol–water partition coefficient (Wildman–Crippen LogP) is 3.56. The number of carboxylic acid groups (broad SMARTS) is 1. The zero-order valence-electron chi connectivity index (χ0n) is 12.7. The lowest BCUT2D eigenvalue weighted by Gasteiger charge is -2.25. The van der Waals surface area contributed by atoms with Gasteiger partial charge in [0.05, 0.1) is 0 Å². The number of carbonyl (C=O) groups is 2. The highest BCUT2D eigenvalue weighted by molar-refractivity contribution is 5.89. The molecule has 3 N–H and O–H groups in total. The third-order valence-corrected chi connectivity index (χ3v) is 3.04. The monoisotopic (exact) mass is 314 g/mol. The summed E-state index contributed by atoms with van der Waals surface area (Å²) in [5.41, 5.74) is -0.685. The minimum atomic E-state index is -2.99. The zero-order chi connectivity index (χ0) is 17.0. The number of rotatable bonds is 6. The summed E-state index contributed by atoms with van der Waals surface area (Å²) in [4.78, 5) is 22.4. The molecule has 22 heavy (non-hydrogen) atoms. The van der Waals surface area contributed by atoms with Crippen LogP contribution in [0.2, 0.25) is 0 Å². The van der Waals surface area contributed by atoms with Gasteiger partial charge >= 0.3 is 12.0 Å². The van der Waals surface area contributed by atoms with E-state index in [1.807, 2.05) is 0 Å². The number of halogens is 2. The number of carbonyl (C=O) groups excluding carboxylic acids is 1. The Morgan fingerprint density at radius 2 is 1.86 bits per heavy atom. The van der Waals surface area contributed by atoms with Gasteiger partial charge in [0.25, 0.3) is 5.92 Å². The van der Waals surface area contributed by atoms with Gasteiger partial charge in [0.1, 0.15) is 0 Å². The fourth-order valence-electron chi connectivity index (χ4n) is 1.82. The summed E-state index contributed by atoms with van der Waals surface area (Å²) < 4.78 is 26.5. The van der Waals surface area contributed by atoms with E-state index in [-0.39, 0.29) is 24.1 Å². The van der Waals surface area contributed by atoms with Gasteiger partial charge in [-0.15, -0.1) is 0 Å². The van der Waals surface area contributed by atoms with Crippen molar-refractivity contribution in [3.05, 3.63) is 29.8 Å². The van der Waals surface area contributed by atoms with E-state index in [1.54, 1.807) is 13.8 Å². The van der Waals surface area contributed by atoms with Crippen molar-refractivity contribution in [2.24, 2.45) is 0 Å². The molecule has 0 aromatic heterocycles. The topological polar surface area (TPSA) is 78.4 Å². The molecule has 0 unspecified atom stereocenters. The minimum Gasteiger partial charge on any atom is -0.481 e. The Bertz CT molecular complexity index is 554. The van der Waals surface area contributed by atoms with Crippen LogP contribution in [0.3, 0.4) is 0 Å². The van der Waals surface area contributed by atoms with Crippen LogP contribution in [0.4, 0.5) is 19.3 Å². The van der Waals surface area contributed by atoms with Crippen LogP contribution in [0.15, 0.2) is 24.3 Å². The van der Waals surface area contributed by atoms with Crippen molar-refractivity contribution < 1.29 is 23.5 Å². The van der Waals surface area contributed by atoms with E-state index in [0.29, 0.717) is 0 Å². The molecule has 0 aliphatic rings. The van der Waals surface area contributed by atoms with Crippen LogP contribution in [-0.2, 0) is 10.7 Å². The molecule has 0 saturated carbocycles. The van der Waals surface area contributed by atoms with E-state index in [4.69, 9.17) is 5.11 Å². The summed E-state index contributed by atoms with van der Waals surface area (Å²) in [6.07, 6.45) is 0.174. The molecule has 1 rings (SSSR count). The molecular formula is C15H20F2N2O3. The van der Waals surface area contributed by atoms with Gasteiger partial charge < -0.3 is 15.7 Å². The van der Waals surface area contributed by atoms with Crippen molar-refractivity contribution in [2.45, 2.75) is 45.1 Å². The van der Waals surface area contributed by atoms with E-state index in [9.17, 15) is 18.4 Å². The van der Waals surface area contributed by atoms with Crippen LogP contribution < -0.4 is 10.6 Å². The quantitative estimate of drug-likeness (QED) is 0.751. The van der Waals surface area contributed by atoms with Crippen molar-refractivity contribution in [1.82, 2.24) is 5.32 Å². The molecule has 0 fully saturated rings. The molecule has 0 aliphatic carbocycles. The molecular weight excluding hydrogens is 294 g/mol. The van der Waals surface area contributed by atoms with Gasteiger partial charge in [0.15, 0.2) is 0 Å². The van der Waals surface area contributed by atoms with Crippen LogP contribution in [0.25, 0.3) is 0 Å². The highest BCUT2D eigenvalue weighted by Crippen LogP contribution is 2.28. The zero-order valence-corrected chi connectivity index (χ0v) is 12.7. The lowest BCUT2D eigenvalue weighted by Crippen LogP contribution is -2.45. The van der Waals surface area contributed by atoms with E-state index in [2.05, 4.69) is 10.6 Å². The number of hydrogen-bond donors (Lipinski definition) is 3. The van der Waals surface area contributed by atoms with Crippen LogP contribution in [-0.4, -0.2) is 22.6 Å². The van der Waals surface area contributed by atoms with Crippen molar-refractivity contribution >= 4 is 17.7 Å². The van der Waals surface area contributed by atoms with Gasteiger partial charge in [-0.05, 0) is 32.4 Å². The molecule has 0 radical (unpaired) electrons. The Balaban J connectivity index is 2.67. The Kier molecular flexibility index (Phi) is 5.46. The number of urea groups is 1. The molecule has 7 heteroatoms. The van der Waals surface area contributed by atoms with Crippen LogP contribution in [0.5, 0.6) is 0 Å². The van der Waals surface area contributed by atoms with Crippen LogP contribution >= 0.6 is 0 Å². The third kappa shape index (κ3) is 6.07. The predicted molar refractivity (Wildman–Crippen MR) is 79.1 cm³/mol. The van der Waals surface area contributed by atoms with Gasteiger partial charge in [-0.2, -0.15) is 0 Å². The Labute approximate surface area is 127 Å². The molecule has 2 amide bonds. The van der Waals surface area contributed by atoms with Gasteiger partial charge in [-0.3, -0.25) is 4.79 Å². The minimum absolute atomic E-state index is 0.0785. The first-order valence-corrected chi connectivity index (χ1v) is 6.79. The SMILES string of the molecule is CC(C)(CCC(=O)O)NC(=O)Nc1cccc(C(C)(F)F)c1. The lowest BCUT2D eigenvalue weighted by molar-refractivity contribution is -0.137. The summed E-state index contributed by atoms with van der Waals surface area (Å²) in [7, 11) is 0. The molecule has 0 heterocycles. The standard InChI is InChI=1S/C15H20F2N2O3/c1-14(2,8-7-12(20)21)19-13(22)18-11-6-4-5-10(9-11)15(3,16)17/h4-6,9H,7-8H2,1-3H3,(H,20,21)(H2,18,19,22). The number of amides is 2. The van der Waals surface area contributed by atoms with Gasteiger partial charge in [0, 0.05) is 30.1 Å². The van der Waals surface area contributed by atoms with Gasteiger partial charge in [0.2, 0.25) is 0 Å². The van der Waals surface area contributed by atoms with Crippen molar-refractivity contribution in [1.29, 1.82) is 0 Å². The Morgan fingerprint density at radius 3 is 2.41 bits per heavy atom. The third-order valence-electron chi connectivity index (χ3n) is 3.04. The summed E-state index contributed by atoms with van der Waals surface area (Å²) in [6, 6.07) is 4.83. The fourth-order valence-corrected chi connectivity index (χ4v) is 1.82. The summed E-state index contributed by atoms with van der Waals surface area (Å²) >= 11 is 0. The molecule has 0 atom stereocenters. The first-order valence-electron chi connectivity index (χ1n) is 6.79. The molecule has 1 aromatic carbocycles. The Hall–Kier alpha value is -2.18. The largest absolute Gasteiger partial charge is 0.481 e. The first-order chi connectivity index (χ1) is 9.99. The first kappa shape index (κ1) is 17.9. The smallest absolute Gasteiger partial charge is 0.319 e. The number of nitrogens with one attached hydrogen (secondary N) is 2. The van der Waals surface area contributed by atoms with E-state index < -0.39 is 23.5 Å². The summed E-state index contributed by atoms with van der Waals surface area (Å²) in [5.74, 6) is -3.94. The number of aliphatic carboxylic acids is 1. The van der Waals surface area contributed by atoms with E-state index >= 15 is 0 Å². The highest BCUT2D eigenvalue weighted by atomic mass is 19.3.